The van der Waals surface area contributed by atoms with Crippen molar-refractivity contribution in [3.63, 3.8) is 0 Å². The van der Waals surface area contributed by atoms with Crippen LogP contribution in [0.3, 0.4) is 0 Å². The largest absolute Gasteiger partial charge is 0.744 e. The molecule has 164 valence electrons. The lowest BCUT2D eigenvalue weighted by atomic mass is 10.2. The molecule has 32 heavy (non-hydrogen) atoms. The van der Waals surface area contributed by atoms with Gasteiger partial charge in [-0.2, -0.15) is 0 Å². The van der Waals surface area contributed by atoms with Gasteiger partial charge in [0.15, 0.2) is 0 Å². The Bertz CT molecular complexity index is 1170. The van der Waals surface area contributed by atoms with Crippen LogP contribution in [0.25, 0.3) is 0 Å². The number of rotatable bonds is 5. The molecule has 0 unspecified atom stereocenters. The molecule has 0 aliphatic heterocycles. The van der Waals surface area contributed by atoms with Gasteiger partial charge in [0.1, 0.15) is 32.9 Å². The lowest BCUT2D eigenvalue weighted by Gasteiger charge is -2.18. The zero-order valence-corrected chi connectivity index (χ0v) is 18.8. The van der Waals surface area contributed by atoms with Crippen molar-refractivity contribution in [2.75, 3.05) is 7.11 Å². The molecule has 0 spiro atoms. The van der Waals surface area contributed by atoms with E-state index in [1.165, 1.54) is 34.1 Å². The SMILES string of the molecule is COc1ccc([NH+](c2ccccc2)c2ccccc2)cc1.Cc1ccc(S(=O)(=O)[O-])cc1. The number of ether oxygens (including phenoxy) is 1. The maximum Gasteiger partial charge on any atom is 0.141 e. The van der Waals surface area contributed by atoms with Crippen molar-refractivity contribution in [2.45, 2.75) is 11.8 Å². The number of methoxy groups -OCH3 is 1. The summed E-state index contributed by atoms with van der Waals surface area (Å²) < 4.78 is 36.4. The van der Waals surface area contributed by atoms with Crippen molar-refractivity contribution >= 4 is 27.2 Å². The van der Waals surface area contributed by atoms with E-state index >= 15 is 0 Å². The maximum absolute atomic E-state index is 10.4. The molecule has 4 aromatic carbocycles. The molecule has 0 atom stereocenters. The molecule has 0 saturated carbocycles. The third kappa shape index (κ3) is 6.28. The monoisotopic (exact) mass is 447 g/mol. The number of hydrogen-bond donors (Lipinski definition) is 1. The van der Waals surface area contributed by atoms with Crippen LogP contribution < -0.4 is 9.64 Å². The first-order valence-corrected chi connectivity index (χ1v) is 11.4. The Morgan fingerprint density at radius 3 is 1.50 bits per heavy atom. The fraction of sp³-hybridized carbons (Fsp3) is 0.0769. The van der Waals surface area contributed by atoms with Crippen LogP contribution in [0.5, 0.6) is 5.75 Å². The standard InChI is InChI=1S/C19H17NO.C7H8O3S/c1-21-19-14-12-18(13-15-19)20(16-8-4-2-5-9-16)17-10-6-3-7-11-17;1-6-2-4-7(5-3-6)11(8,9)10/h2-15H,1H3;2-5H,1H3,(H,8,9,10). The molecule has 0 amide bonds. The minimum absolute atomic E-state index is 0.178. The van der Waals surface area contributed by atoms with E-state index in [4.69, 9.17) is 4.74 Å². The summed E-state index contributed by atoms with van der Waals surface area (Å²) >= 11 is 0. The van der Waals surface area contributed by atoms with Crippen LogP contribution in [0.1, 0.15) is 5.56 Å². The van der Waals surface area contributed by atoms with Gasteiger partial charge < -0.3 is 9.29 Å². The Labute approximate surface area is 189 Å². The zero-order valence-electron chi connectivity index (χ0n) is 17.9. The average molecular weight is 448 g/mol. The van der Waals surface area contributed by atoms with Crippen molar-refractivity contribution < 1.29 is 22.6 Å². The van der Waals surface area contributed by atoms with Crippen LogP contribution in [0.4, 0.5) is 17.1 Å². The molecule has 4 aromatic rings. The summed E-state index contributed by atoms with van der Waals surface area (Å²) in [4.78, 5) is 1.06. The molecule has 0 heterocycles. The van der Waals surface area contributed by atoms with Gasteiger partial charge in [0.2, 0.25) is 0 Å². The van der Waals surface area contributed by atoms with Gasteiger partial charge in [-0.1, -0.05) is 54.1 Å². The normalized spacial score (nSPS) is 10.9. The van der Waals surface area contributed by atoms with Crippen LogP contribution in [0.15, 0.2) is 114 Å². The molecule has 0 bridgehead atoms. The van der Waals surface area contributed by atoms with Gasteiger partial charge in [-0.05, 0) is 55.5 Å². The van der Waals surface area contributed by atoms with Crippen LogP contribution in [-0.4, -0.2) is 20.1 Å². The van der Waals surface area contributed by atoms with Gasteiger partial charge in [-0.3, -0.25) is 0 Å². The number of para-hydroxylation sites is 2. The van der Waals surface area contributed by atoms with Gasteiger partial charge >= 0.3 is 0 Å². The first kappa shape index (κ1) is 23.2. The van der Waals surface area contributed by atoms with Crippen molar-refractivity contribution in [3.8, 4) is 5.75 Å². The fourth-order valence-electron chi connectivity index (χ4n) is 3.17. The van der Waals surface area contributed by atoms with Crippen LogP contribution in [0.2, 0.25) is 0 Å². The Morgan fingerprint density at radius 2 is 1.09 bits per heavy atom. The summed E-state index contributed by atoms with van der Waals surface area (Å²) in [6, 6.07) is 34.9. The summed E-state index contributed by atoms with van der Waals surface area (Å²) in [5, 5.41) is 0. The molecular formula is C26H25NO4S. The number of benzene rings is 4. The van der Waals surface area contributed by atoms with Crippen LogP contribution in [-0.2, 0) is 10.1 Å². The van der Waals surface area contributed by atoms with E-state index in [-0.39, 0.29) is 4.90 Å². The molecule has 0 aliphatic rings. The van der Waals surface area contributed by atoms with Crippen molar-refractivity contribution in [3.05, 3.63) is 115 Å². The lowest BCUT2D eigenvalue weighted by molar-refractivity contribution is -0.681. The van der Waals surface area contributed by atoms with E-state index in [1.807, 2.05) is 31.2 Å². The maximum atomic E-state index is 10.4. The minimum Gasteiger partial charge on any atom is -0.744 e. The Hall–Kier alpha value is -3.45. The molecule has 0 aromatic heterocycles. The van der Waals surface area contributed by atoms with Crippen molar-refractivity contribution in [1.82, 2.24) is 0 Å². The second kappa shape index (κ2) is 10.7. The number of aryl methyl sites for hydroxylation is 1. The molecule has 0 fully saturated rings. The van der Waals surface area contributed by atoms with Gasteiger partial charge in [-0.25, -0.2) is 13.3 Å². The van der Waals surface area contributed by atoms with Gasteiger partial charge in [0, 0.05) is 12.1 Å². The number of quaternary nitrogens is 1. The highest BCUT2D eigenvalue weighted by Gasteiger charge is 2.18. The van der Waals surface area contributed by atoms with E-state index in [2.05, 4.69) is 60.7 Å². The lowest BCUT2D eigenvalue weighted by Crippen LogP contribution is -2.96. The third-order valence-electron chi connectivity index (χ3n) is 4.81. The van der Waals surface area contributed by atoms with Crippen molar-refractivity contribution in [1.29, 1.82) is 0 Å². The molecule has 1 N–H and O–H groups in total. The average Bonchev–Trinajstić information content (AvgIpc) is 2.81. The third-order valence-corrected chi connectivity index (χ3v) is 5.66. The molecule has 0 saturated heterocycles. The van der Waals surface area contributed by atoms with E-state index in [1.54, 1.807) is 19.2 Å². The van der Waals surface area contributed by atoms with Gasteiger partial charge in [0.25, 0.3) is 0 Å². The minimum atomic E-state index is -4.27. The zero-order chi connectivity index (χ0) is 23.0. The topological polar surface area (TPSA) is 70.9 Å². The van der Waals surface area contributed by atoms with Crippen LogP contribution >= 0.6 is 0 Å². The number of hydrogen-bond acceptors (Lipinski definition) is 4. The van der Waals surface area contributed by atoms with Crippen LogP contribution in [0, 0.1) is 6.92 Å². The quantitative estimate of drug-likeness (QED) is 0.447. The fourth-order valence-corrected chi connectivity index (χ4v) is 3.64. The van der Waals surface area contributed by atoms with E-state index in [0.717, 1.165) is 11.3 Å². The predicted molar refractivity (Wildman–Crippen MR) is 125 cm³/mol. The first-order valence-electron chi connectivity index (χ1n) is 10.0. The molecular weight excluding hydrogens is 422 g/mol. The second-order valence-corrected chi connectivity index (χ2v) is 8.48. The van der Waals surface area contributed by atoms with Crippen molar-refractivity contribution in [2.24, 2.45) is 0 Å². The summed E-state index contributed by atoms with van der Waals surface area (Å²) in [5.74, 6) is 0.874. The Morgan fingerprint density at radius 1 is 0.656 bits per heavy atom. The molecule has 0 aliphatic carbocycles. The second-order valence-electron chi connectivity index (χ2n) is 7.10. The summed E-state index contributed by atoms with van der Waals surface area (Å²) in [6.45, 7) is 1.82. The summed E-state index contributed by atoms with van der Waals surface area (Å²) in [5.41, 5.74) is 4.55. The molecule has 6 heteroatoms. The van der Waals surface area contributed by atoms with E-state index < -0.39 is 10.1 Å². The Balaban J connectivity index is 0.000000222. The predicted octanol–water partition coefficient (Wildman–Crippen LogP) is 4.77. The number of nitrogens with one attached hydrogen (secondary N) is 1. The van der Waals surface area contributed by atoms with E-state index in [0.29, 0.717) is 0 Å². The molecule has 0 radical (unpaired) electrons. The highest BCUT2D eigenvalue weighted by molar-refractivity contribution is 7.85. The van der Waals surface area contributed by atoms with Gasteiger partial charge in [-0.15, -0.1) is 0 Å². The first-order chi connectivity index (χ1) is 15.4. The summed E-state index contributed by atoms with van der Waals surface area (Å²) in [7, 11) is -2.58. The summed E-state index contributed by atoms with van der Waals surface area (Å²) in [6.07, 6.45) is 0. The smallest absolute Gasteiger partial charge is 0.141 e. The van der Waals surface area contributed by atoms with E-state index in [9.17, 15) is 13.0 Å². The molecule has 5 nitrogen and oxygen atoms in total. The highest BCUT2D eigenvalue weighted by Crippen LogP contribution is 2.18. The molecule has 4 rings (SSSR count). The van der Waals surface area contributed by atoms with Gasteiger partial charge in [0.05, 0.1) is 12.0 Å². The highest BCUT2D eigenvalue weighted by atomic mass is 32.2. The Kier molecular flexibility index (Phi) is 7.78.